The lowest BCUT2D eigenvalue weighted by molar-refractivity contribution is 0.954. The fourth-order valence-corrected chi connectivity index (χ4v) is 4.74. The highest BCUT2D eigenvalue weighted by Gasteiger charge is 2.16. The van der Waals surface area contributed by atoms with Gasteiger partial charge in [0.15, 0.2) is 0 Å². The van der Waals surface area contributed by atoms with E-state index < -0.39 is 0 Å². The Labute approximate surface area is 208 Å². The van der Waals surface area contributed by atoms with E-state index >= 15 is 0 Å². The first kappa shape index (κ1) is 21.7. The summed E-state index contributed by atoms with van der Waals surface area (Å²) < 4.78 is 1.97. The summed E-state index contributed by atoms with van der Waals surface area (Å²) in [5.74, 6) is 0.642. The number of H-pyrrole nitrogens is 1. The number of imidazole rings is 1. The summed E-state index contributed by atoms with van der Waals surface area (Å²) in [6.07, 6.45) is 3.57. The minimum absolute atomic E-state index is 0.154. The Bertz CT molecular complexity index is 1780. The second-order valence-electron chi connectivity index (χ2n) is 8.91. The van der Waals surface area contributed by atoms with E-state index in [1.165, 1.54) is 11.1 Å². The predicted molar refractivity (Wildman–Crippen MR) is 146 cm³/mol. The van der Waals surface area contributed by atoms with Gasteiger partial charge in [-0.1, -0.05) is 60.7 Å². The van der Waals surface area contributed by atoms with Crippen molar-refractivity contribution in [3.05, 3.63) is 119 Å². The highest BCUT2D eigenvalue weighted by atomic mass is 16.1. The normalized spacial score (nSPS) is 11.2. The molecule has 0 unspecified atom stereocenters. The summed E-state index contributed by atoms with van der Waals surface area (Å²) in [5.41, 5.74) is 9.74. The van der Waals surface area contributed by atoms with Crippen LogP contribution in [0, 0.1) is 6.92 Å². The van der Waals surface area contributed by atoms with Gasteiger partial charge in [0.25, 0.3) is 5.56 Å². The fraction of sp³-hybridized carbons (Fsp3) is 0.0645. The van der Waals surface area contributed by atoms with Gasteiger partial charge in [0.05, 0.1) is 22.3 Å². The summed E-state index contributed by atoms with van der Waals surface area (Å²) >= 11 is 0. The molecule has 0 spiro atoms. The minimum Gasteiger partial charge on any atom is -0.328 e. The van der Waals surface area contributed by atoms with Crippen LogP contribution in [-0.4, -0.2) is 19.5 Å². The van der Waals surface area contributed by atoms with E-state index in [1.807, 2.05) is 42.1 Å². The summed E-state index contributed by atoms with van der Waals surface area (Å²) in [7, 11) is 1.94. The zero-order valence-electron chi connectivity index (χ0n) is 20.1. The van der Waals surface area contributed by atoms with Crippen LogP contribution in [0.2, 0.25) is 0 Å². The highest BCUT2D eigenvalue weighted by molar-refractivity contribution is 5.95. The number of rotatable bonds is 4. The number of nitrogens with zero attached hydrogens (tertiary/aromatic N) is 3. The standard InChI is InChI=1S/C31H24N4O/c1-20-19-33-27(18-26(20)21-9-4-3-5-10-21)23-12-6-11-22(17-23)24-13-7-15-28-29(24)34-30(35(28)2)25-14-8-16-32-31(25)36/h3-19H,1-2H3,(H,32,36). The van der Waals surface area contributed by atoms with Crippen LogP contribution < -0.4 is 5.56 Å². The summed E-state index contributed by atoms with van der Waals surface area (Å²) in [5, 5.41) is 0. The van der Waals surface area contributed by atoms with Crippen molar-refractivity contribution < 1.29 is 0 Å². The molecule has 1 N–H and O–H groups in total. The van der Waals surface area contributed by atoms with Crippen molar-refractivity contribution in [2.75, 3.05) is 0 Å². The maximum Gasteiger partial charge on any atom is 0.258 e. The maximum atomic E-state index is 12.4. The molecule has 5 heteroatoms. The van der Waals surface area contributed by atoms with E-state index in [9.17, 15) is 4.79 Å². The van der Waals surface area contributed by atoms with E-state index in [1.54, 1.807) is 12.3 Å². The van der Waals surface area contributed by atoms with Crippen LogP contribution in [0.4, 0.5) is 0 Å². The predicted octanol–water partition coefficient (Wildman–Crippen LogP) is 6.63. The van der Waals surface area contributed by atoms with Crippen molar-refractivity contribution in [1.29, 1.82) is 0 Å². The Morgan fingerprint density at radius 1 is 0.750 bits per heavy atom. The van der Waals surface area contributed by atoms with Gasteiger partial charge < -0.3 is 9.55 Å². The Balaban J connectivity index is 1.47. The highest BCUT2D eigenvalue weighted by Crippen LogP contribution is 2.34. The van der Waals surface area contributed by atoms with Gasteiger partial charge in [0, 0.05) is 30.6 Å². The van der Waals surface area contributed by atoms with Crippen molar-refractivity contribution >= 4 is 11.0 Å². The first-order valence-electron chi connectivity index (χ1n) is 11.9. The Kier molecular flexibility index (Phi) is 5.30. The largest absolute Gasteiger partial charge is 0.328 e. The molecule has 0 bridgehead atoms. The number of benzene rings is 3. The third-order valence-electron chi connectivity index (χ3n) is 6.63. The molecule has 0 fully saturated rings. The lowest BCUT2D eigenvalue weighted by Gasteiger charge is -2.10. The minimum atomic E-state index is -0.154. The lowest BCUT2D eigenvalue weighted by atomic mass is 9.97. The lowest BCUT2D eigenvalue weighted by Crippen LogP contribution is -2.09. The third-order valence-corrected chi connectivity index (χ3v) is 6.63. The maximum absolute atomic E-state index is 12.4. The molecule has 0 amide bonds. The van der Waals surface area contributed by atoms with Crippen LogP contribution in [0.1, 0.15) is 5.56 Å². The molecular formula is C31H24N4O. The van der Waals surface area contributed by atoms with Gasteiger partial charge in [-0.15, -0.1) is 0 Å². The molecule has 0 aliphatic heterocycles. The monoisotopic (exact) mass is 468 g/mol. The molecule has 3 heterocycles. The average Bonchev–Trinajstić information content (AvgIpc) is 3.26. The molecular weight excluding hydrogens is 444 g/mol. The summed E-state index contributed by atoms with van der Waals surface area (Å²) in [6, 6.07) is 30.7. The van der Waals surface area contributed by atoms with E-state index in [2.05, 4.69) is 72.6 Å². The van der Waals surface area contributed by atoms with Gasteiger partial charge in [-0.3, -0.25) is 9.78 Å². The quantitative estimate of drug-likeness (QED) is 0.316. The first-order chi connectivity index (χ1) is 17.6. The molecule has 6 rings (SSSR count). The number of fused-ring (bicyclic) bond motifs is 1. The molecule has 0 aliphatic carbocycles. The number of hydrogen-bond donors (Lipinski definition) is 1. The Morgan fingerprint density at radius 2 is 1.50 bits per heavy atom. The van der Waals surface area contributed by atoms with Gasteiger partial charge in [0.1, 0.15) is 5.82 Å². The molecule has 0 saturated carbocycles. The molecule has 3 aromatic heterocycles. The number of aromatic nitrogens is 4. The van der Waals surface area contributed by atoms with Crippen LogP contribution in [0.25, 0.3) is 55.9 Å². The molecule has 3 aromatic carbocycles. The van der Waals surface area contributed by atoms with Crippen LogP contribution in [0.15, 0.2) is 108 Å². The van der Waals surface area contributed by atoms with Gasteiger partial charge >= 0.3 is 0 Å². The number of nitrogens with one attached hydrogen (secondary N) is 1. The molecule has 0 saturated heterocycles. The number of hydrogen-bond acceptors (Lipinski definition) is 3. The third kappa shape index (κ3) is 3.71. The Hall–Kier alpha value is -4.77. The van der Waals surface area contributed by atoms with Gasteiger partial charge in [-0.25, -0.2) is 4.98 Å². The Morgan fingerprint density at radius 3 is 2.33 bits per heavy atom. The van der Waals surface area contributed by atoms with Crippen LogP contribution in [0.5, 0.6) is 0 Å². The topological polar surface area (TPSA) is 63.6 Å². The number of aromatic amines is 1. The van der Waals surface area contributed by atoms with Crippen LogP contribution in [0.3, 0.4) is 0 Å². The molecule has 36 heavy (non-hydrogen) atoms. The van der Waals surface area contributed by atoms with Gasteiger partial charge in [-0.2, -0.15) is 0 Å². The summed E-state index contributed by atoms with van der Waals surface area (Å²) in [4.78, 5) is 24.8. The van der Waals surface area contributed by atoms with E-state index in [-0.39, 0.29) is 5.56 Å². The van der Waals surface area contributed by atoms with Crippen molar-refractivity contribution in [1.82, 2.24) is 19.5 Å². The van der Waals surface area contributed by atoms with Gasteiger partial charge in [-0.05, 0) is 59.5 Å². The number of para-hydroxylation sites is 1. The number of pyridine rings is 2. The molecule has 0 radical (unpaired) electrons. The fourth-order valence-electron chi connectivity index (χ4n) is 4.74. The van der Waals surface area contributed by atoms with E-state index in [0.29, 0.717) is 11.4 Å². The zero-order valence-corrected chi connectivity index (χ0v) is 20.1. The van der Waals surface area contributed by atoms with E-state index in [0.717, 1.165) is 39.0 Å². The average molecular weight is 469 g/mol. The zero-order chi connectivity index (χ0) is 24.6. The van der Waals surface area contributed by atoms with Crippen LogP contribution >= 0.6 is 0 Å². The first-order valence-corrected chi connectivity index (χ1v) is 11.9. The summed E-state index contributed by atoms with van der Waals surface area (Å²) in [6.45, 7) is 2.09. The molecule has 174 valence electrons. The second-order valence-corrected chi connectivity index (χ2v) is 8.91. The van der Waals surface area contributed by atoms with Crippen molar-refractivity contribution in [2.45, 2.75) is 6.92 Å². The number of aryl methyl sites for hydroxylation is 2. The van der Waals surface area contributed by atoms with Crippen molar-refractivity contribution in [3.8, 4) is 44.9 Å². The molecule has 6 aromatic rings. The smallest absolute Gasteiger partial charge is 0.258 e. The van der Waals surface area contributed by atoms with Crippen molar-refractivity contribution in [3.63, 3.8) is 0 Å². The molecule has 5 nitrogen and oxygen atoms in total. The second kappa shape index (κ2) is 8.78. The molecule has 0 atom stereocenters. The van der Waals surface area contributed by atoms with E-state index in [4.69, 9.17) is 9.97 Å². The SMILES string of the molecule is Cc1cnc(-c2cccc(-c3cccc4c3nc(-c3ccc[nH]c3=O)n4C)c2)cc1-c1ccccc1. The van der Waals surface area contributed by atoms with Crippen LogP contribution in [-0.2, 0) is 7.05 Å². The van der Waals surface area contributed by atoms with Gasteiger partial charge in [0.2, 0.25) is 0 Å². The molecule has 0 aliphatic rings. The van der Waals surface area contributed by atoms with Crippen molar-refractivity contribution in [2.24, 2.45) is 7.05 Å².